The highest BCUT2D eigenvalue weighted by molar-refractivity contribution is 7.15. The third-order valence-corrected chi connectivity index (χ3v) is 6.61. The summed E-state index contributed by atoms with van der Waals surface area (Å²) in [6.07, 6.45) is 8.84. The van der Waals surface area contributed by atoms with E-state index >= 15 is 0 Å². The van der Waals surface area contributed by atoms with Crippen LogP contribution in [0, 0.1) is 5.92 Å². The maximum Gasteiger partial charge on any atom is 0.229 e. The molecule has 3 aromatic rings. The molecule has 2 aromatic heterocycles. The summed E-state index contributed by atoms with van der Waals surface area (Å²) in [5.41, 5.74) is 2.68. The minimum absolute atomic E-state index is 0.0656. The number of nitrogens with one attached hydrogen (secondary N) is 1. The van der Waals surface area contributed by atoms with E-state index in [4.69, 9.17) is 0 Å². The highest BCUT2D eigenvalue weighted by Gasteiger charge is 2.38. The van der Waals surface area contributed by atoms with Crippen molar-refractivity contribution in [2.75, 3.05) is 11.9 Å². The molecule has 1 unspecified atom stereocenters. The SMILES string of the molecule is O=C(Nc1ccc(-c2cn3ccsc3n2)cc1)C1CC(=O)N(C2CCCC2)C1. The number of aromatic nitrogens is 2. The maximum atomic E-state index is 12.7. The van der Waals surface area contributed by atoms with Gasteiger partial charge in [0.05, 0.1) is 11.6 Å². The van der Waals surface area contributed by atoms with Crippen LogP contribution < -0.4 is 5.32 Å². The Kier molecular flexibility index (Phi) is 4.39. The van der Waals surface area contributed by atoms with Crippen molar-refractivity contribution in [3.63, 3.8) is 0 Å². The molecule has 2 fully saturated rings. The van der Waals surface area contributed by atoms with Crippen molar-refractivity contribution in [2.45, 2.75) is 38.1 Å². The summed E-state index contributed by atoms with van der Waals surface area (Å²) in [6.45, 7) is 0.554. The lowest BCUT2D eigenvalue weighted by molar-refractivity contribution is -0.129. The van der Waals surface area contributed by atoms with Crippen LogP contribution in [-0.4, -0.2) is 38.7 Å². The summed E-state index contributed by atoms with van der Waals surface area (Å²) in [7, 11) is 0. The van der Waals surface area contributed by atoms with Crippen molar-refractivity contribution < 1.29 is 9.59 Å². The van der Waals surface area contributed by atoms with Gasteiger partial charge in [-0.3, -0.25) is 14.0 Å². The molecule has 28 heavy (non-hydrogen) atoms. The van der Waals surface area contributed by atoms with E-state index in [1.54, 1.807) is 11.3 Å². The predicted molar refractivity (Wildman–Crippen MR) is 109 cm³/mol. The second-order valence-corrected chi connectivity index (χ2v) is 8.54. The number of hydrogen-bond acceptors (Lipinski definition) is 4. The standard InChI is InChI=1S/C21H22N4O2S/c26-19-11-15(12-25(19)17-3-1-2-4-17)20(27)22-16-7-5-14(6-8-16)18-13-24-9-10-28-21(24)23-18/h5-10,13,15,17H,1-4,11-12H2,(H,22,27). The molecule has 2 aliphatic rings. The molecule has 1 atom stereocenters. The van der Waals surface area contributed by atoms with Gasteiger partial charge in [0.2, 0.25) is 11.8 Å². The first-order chi connectivity index (χ1) is 13.7. The monoisotopic (exact) mass is 394 g/mol. The number of hydrogen-bond donors (Lipinski definition) is 1. The number of fused-ring (bicyclic) bond motifs is 1. The number of anilines is 1. The highest BCUT2D eigenvalue weighted by atomic mass is 32.1. The Labute approximate surface area is 167 Å². The summed E-state index contributed by atoms with van der Waals surface area (Å²) in [5.74, 6) is -0.195. The van der Waals surface area contributed by atoms with Crippen molar-refractivity contribution in [2.24, 2.45) is 5.92 Å². The molecule has 1 N–H and O–H groups in total. The van der Waals surface area contributed by atoms with Gasteiger partial charge in [0.25, 0.3) is 0 Å². The van der Waals surface area contributed by atoms with Crippen molar-refractivity contribution in [3.8, 4) is 11.3 Å². The summed E-state index contributed by atoms with van der Waals surface area (Å²) >= 11 is 1.60. The van der Waals surface area contributed by atoms with Crippen molar-refractivity contribution >= 4 is 33.8 Å². The number of imidazole rings is 1. The Balaban J connectivity index is 1.24. The molecule has 1 saturated heterocycles. The summed E-state index contributed by atoms with van der Waals surface area (Å²) in [5, 5.41) is 4.98. The van der Waals surface area contributed by atoms with Crippen LogP contribution in [0.4, 0.5) is 5.69 Å². The topological polar surface area (TPSA) is 66.7 Å². The number of rotatable bonds is 4. The fourth-order valence-electron chi connectivity index (χ4n) is 4.31. The smallest absolute Gasteiger partial charge is 0.229 e. The van der Waals surface area contributed by atoms with E-state index in [0.717, 1.165) is 34.7 Å². The fraction of sp³-hybridized carbons (Fsp3) is 0.381. The second-order valence-electron chi connectivity index (χ2n) is 7.67. The average Bonchev–Trinajstić information content (AvgIpc) is 3.45. The first kappa shape index (κ1) is 17.4. The van der Waals surface area contributed by atoms with Gasteiger partial charge in [-0.25, -0.2) is 4.98 Å². The Morgan fingerprint density at radius 3 is 2.71 bits per heavy atom. The second kappa shape index (κ2) is 7.05. The van der Waals surface area contributed by atoms with E-state index in [1.807, 2.05) is 51.3 Å². The van der Waals surface area contributed by atoms with E-state index in [0.29, 0.717) is 19.0 Å². The van der Waals surface area contributed by atoms with Crippen LogP contribution >= 0.6 is 11.3 Å². The van der Waals surface area contributed by atoms with E-state index in [-0.39, 0.29) is 17.7 Å². The van der Waals surface area contributed by atoms with Crippen LogP contribution in [0.1, 0.15) is 32.1 Å². The molecular weight excluding hydrogens is 372 g/mol. The lowest BCUT2D eigenvalue weighted by Crippen LogP contribution is -2.35. The zero-order valence-corrected chi connectivity index (χ0v) is 16.3. The first-order valence-corrected chi connectivity index (χ1v) is 10.7. The zero-order valence-electron chi connectivity index (χ0n) is 15.5. The van der Waals surface area contributed by atoms with Gasteiger partial charge < -0.3 is 10.2 Å². The number of carbonyl (C=O) groups is 2. The molecule has 2 amide bonds. The lowest BCUT2D eigenvalue weighted by atomic mass is 10.1. The Morgan fingerprint density at radius 2 is 1.96 bits per heavy atom. The van der Waals surface area contributed by atoms with Gasteiger partial charge in [-0.2, -0.15) is 0 Å². The van der Waals surface area contributed by atoms with Crippen molar-refractivity contribution in [1.82, 2.24) is 14.3 Å². The Morgan fingerprint density at radius 1 is 1.18 bits per heavy atom. The van der Waals surface area contributed by atoms with Crippen LogP contribution in [-0.2, 0) is 9.59 Å². The number of carbonyl (C=O) groups excluding carboxylic acids is 2. The number of benzene rings is 1. The van der Waals surface area contributed by atoms with Crippen LogP contribution in [0.25, 0.3) is 16.2 Å². The molecule has 5 rings (SSSR count). The first-order valence-electron chi connectivity index (χ1n) is 9.80. The summed E-state index contributed by atoms with van der Waals surface area (Å²) in [4.78, 5) is 32.5. The van der Waals surface area contributed by atoms with Gasteiger partial charge in [0, 0.05) is 48.0 Å². The molecule has 1 aliphatic carbocycles. The highest BCUT2D eigenvalue weighted by Crippen LogP contribution is 2.30. The van der Waals surface area contributed by atoms with Crippen molar-refractivity contribution in [3.05, 3.63) is 42.0 Å². The molecule has 0 radical (unpaired) electrons. The quantitative estimate of drug-likeness (QED) is 0.732. The molecule has 144 valence electrons. The Bertz CT molecular complexity index is 988. The van der Waals surface area contributed by atoms with Crippen LogP contribution in [0.15, 0.2) is 42.0 Å². The molecule has 0 spiro atoms. The van der Waals surface area contributed by atoms with Crippen LogP contribution in [0.3, 0.4) is 0 Å². The summed E-state index contributed by atoms with van der Waals surface area (Å²) in [6, 6.07) is 8.06. The summed E-state index contributed by atoms with van der Waals surface area (Å²) < 4.78 is 2.00. The number of thiazole rings is 1. The van der Waals surface area contributed by atoms with Gasteiger partial charge in [-0.05, 0) is 25.0 Å². The maximum absolute atomic E-state index is 12.7. The molecule has 1 aromatic carbocycles. The predicted octanol–water partition coefficient (Wildman–Crippen LogP) is 3.79. The van der Waals surface area contributed by atoms with Gasteiger partial charge in [0.15, 0.2) is 4.96 Å². The Hall–Kier alpha value is -2.67. The van der Waals surface area contributed by atoms with E-state index in [2.05, 4.69) is 10.3 Å². The average molecular weight is 395 g/mol. The molecule has 6 nitrogen and oxygen atoms in total. The number of likely N-dealkylation sites (tertiary alicyclic amines) is 1. The zero-order chi connectivity index (χ0) is 19.1. The molecule has 0 bridgehead atoms. The largest absolute Gasteiger partial charge is 0.339 e. The van der Waals surface area contributed by atoms with Gasteiger partial charge in [0.1, 0.15) is 0 Å². The normalized spacial score (nSPS) is 20.4. The fourth-order valence-corrected chi connectivity index (χ4v) is 5.01. The molecule has 7 heteroatoms. The van der Waals surface area contributed by atoms with Gasteiger partial charge in [-0.15, -0.1) is 11.3 Å². The van der Waals surface area contributed by atoms with Gasteiger partial charge in [-0.1, -0.05) is 25.0 Å². The lowest BCUT2D eigenvalue weighted by Gasteiger charge is -2.23. The van der Waals surface area contributed by atoms with E-state index in [9.17, 15) is 9.59 Å². The van der Waals surface area contributed by atoms with Crippen LogP contribution in [0.5, 0.6) is 0 Å². The molecule has 3 heterocycles. The minimum Gasteiger partial charge on any atom is -0.339 e. The van der Waals surface area contributed by atoms with Gasteiger partial charge >= 0.3 is 0 Å². The molecular formula is C21H22N4O2S. The third-order valence-electron chi connectivity index (χ3n) is 5.84. The molecule has 1 aliphatic heterocycles. The van der Waals surface area contributed by atoms with Crippen molar-refractivity contribution in [1.29, 1.82) is 0 Å². The van der Waals surface area contributed by atoms with E-state index in [1.165, 1.54) is 12.8 Å². The third kappa shape index (κ3) is 3.20. The number of nitrogens with zero attached hydrogens (tertiary/aromatic N) is 3. The minimum atomic E-state index is -0.257. The van der Waals surface area contributed by atoms with Crippen LogP contribution in [0.2, 0.25) is 0 Å². The van der Waals surface area contributed by atoms with E-state index < -0.39 is 0 Å². The number of amides is 2. The molecule has 1 saturated carbocycles.